The summed E-state index contributed by atoms with van der Waals surface area (Å²) in [6, 6.07) is 1.39. The molecular weight excluding hydrogens is 402 g/mol. The fourth-order valence-corrected chi connectivity index (χ4v) is 7.01. The third-order valence-electron chi connectivity index (χ3n) is 7.73. The number of nitrogens with two attached hydrogens (primary N) is 2. The summed E-state index contributed by atoms with van der Waals surface area (Å²) < 4.78 is 8.81. The smallest absolute Gasteiger partial charge is 0.229 e. The zero-order chi connectivity index (χ0) is 20.8. The predicted octanol–water partition coefficient (Wildman–Crippen LogP) is -1.44. The SMILES string of the molecule is CC1NSC(NC(=O)C(C(N)N)C2NCC3CN(C4COC4)CCC3N2)C1C1CC1. The average Bonchev–Trinajstić information content (AvgIpc) is 3.43. The molecule has 1 saturated carbocycles. The van der Waals surface area contributed by atoms with Gasteiger partial charge in [0, 0.05) is 37.6 Å². The van der Waals surface area contributed by atoms with Crippen molar-refractivity contribution in [1.29, 1.82) is 0 Å². The average molecular weight is 440 g/mol. The fraction of sp³-hybridized carbons (Fsp3) is 0.950. The van der Waals surface area contributed by atoms with Crippen LogP contribution in [0.1, 0.15) is 26.2 Å². The third-order valence-corrected chi connectivity index (χ3v) is 8.92. The van der Waals surface area contributed by atoms with Crippen molar-refractivity contribution in [3.63, 3.8) is 0 Å². The van der Waals surface area contributed by atoms with E-state index in [0.29, 0.717) is 30.0 Å². The molecule has 5 rings (SSSR count). The second-order valence-electron chi connectivity index (χ2n) is 9.87. The Morgan fingerprint density at radius 3 is 2.70 bits per heavy atom. The van der Waals surface area contributed by atoms with Crippen molar-refractivity contribution >= 4 is 17.9 Å². The third kappa shape index (κ3) is 4.25. The number of carbonyl (C=O) groups excluding carboxylic acids is 1. The highest BCUT2D eigenvalue weighted by molar-refractivity contribution is 7.98. The van der Waals surface area contributed by atoms with Crippen molar-refractivity contribution in [1.82, 2.24) is 25.6 Å². The van der Waals surface area contributed by atoms with Gasteiger partial charge in [0.2, 0.25) is 5.91 Å². The van der Waals surface area contributed by atoms with E-state index in [1.54, 1.807) is 11.9 Å². The Morgan fingerprint density at radius 1 is 1.23 bits per heavy atom. The van der Waals surface area contributed by atoms with Gasteiger partial charge < -0.3 is 26.8 Å². The zero-order valence-electron chi connectivity index (χ0n) is 17.8. The van der Waals surface area contributed by atoms with Crippen LogP contribution in [-0.4, -0.2) is 79.5 Å². The normalized spacial score (nSPS) is 41.3. The van der Waals surface area contributed by atoms with Crippen LogP contribution in [0.4, 0.5) is 0 Å². The molecular formula is C20H37N7O2S. The lowest BCUT2D eigenvalue weighted by Gasteiger charge is -2.49. The highest BCUT2D eigenvalue weighted by Crippen LogP contribution is 2.45. The summed E-state index contributed by atoms with van der Waals surface area (Å²) in [5.41, 5.74) is 12.2. The van der Waals surface area contributed by atoms with Gasteiger partial charge in [-0.25, -0.2) is 0 Å². The Morgan fingerprint density at radius 2 is 2.03 bits per heavy atom. The molecule has 4 heterocycles. The molecule has 4 aliphatic heterocycles. The lowest BCUT2D eigenvalue weighted by molar-refractivity contribution is -0.128. The van der Waals surface area contributed by atoms with Gasteiger partial charge in [-0.05, 0) is 38.0 Å². The van der Waals surface area contributed by atoms with E-state index in [9.17, 15) is 4.79 Å². The molecule has 0 aromatic rings. The Labute approximate surface area is 183 Å². The van der Waals surface area contributed by atoms with Gasteiger partial charge in [0.1, 0.15) is 0 Å². The first-order valence-corrected chi connectivity index (χ1v) is 12.4. The number of likely N-dealkylation sites (tertiary alicyclic amines) is 1. The summed E-state index contributed by atoms with van der Waals surface area (Å²) in [6.07, 6.45) is 2.71. The quantitative estimate of drug-likeness (QED) is 0.218. The second-order valence-corrected chi connectivity index (χ2v) is 10.8. The van der Waals surface area contributed by atoms with E-state index in [2.05, 4.69) is 32.5 Å². The molecule has 4 saturated heterocycles. The molecule has 5 aliphatic rings. The van der Waals surface area contributed by atoms with Gasteiger partial charge in [0.05, 0.1) is 42.9 Å². The highest BCUT2D eigenvalue weighted by atomic mass is 32.2. The Balaban J connectivity index is 1.19. The molecule has 0 radical (unpaired) electrons. The van der Waals surface area contributed by atoms with Gasteiger partial charge in [0.15, 0.2) is 0 Å². The number of nitrogens with zero attached hydrogens (tertiary/aromatic N) is 1. The van der Waals surface area contributed by atoms with Gasteiger partial charge >= 0.3 is 0 Å². The van der Waals surface area contributed by atoms with Crippen LogP contribution in [0.25, 0.3) is 0 Å². The minimum Gasteiger partial charge on any atom is -0.378 e. The van der Waals surface area contributed by atoms with Crippen LogP contribution >= 0.6 is 11.9 Å². The maximum absolute atomic E-state index is 13.3. The summed E-state index contributed by atoms with van der Waals surface area (Å²) in [5.74, 6) is 1.18. The summed E-state index contributed by atoms with van der Waals surface area (Å²) in [6.45, 7) is 6.96. The van der Waals surface area contributed by atoms with Crippen molar-refractivity contribution in [2.24, 2.45) is 35.1 Å². The molecule has 8 N–H and O–H groups in total. The molecule has 0 aromatic carbocycles. The van der Waals surface area contributed by atoms with Crippen molar-refractivity contribution in [3.05, 3.63) is 0 Å². The molecule has 0 aromatic heterocycles. The maximum atomic E-state index is 13.3. The van der Waals surface area contributed by atoms with Crippen LogP contribution in [0, 0.1) is 23.7 Å². The molecule has 0 spiro atoms. The molecule has 10 heteroatoms. The number of hydrogen-bond donors (Lipinski definition) is 6. The summed E-state index contributed by atoms with van der Waals surface area (Å²) in [7, 11) is 0. The number of hydrogen-bond acceptors (Lipinski definition) is 9. The van der Waals surface area contributed by atoms with Gasteiger partial charge in [-0.15, -0.1) is 0 Å². The first kappa shape index (κ1) is 21.4. The number of rotatable bonds is 6. The van der Waals surface area contributed by atoms with Gasteiger partial charge in [-0.1, -0.05) is 11.9 Å². The van der Waals surface area contributed by atoms with Crippen LogP contribution in [0.3, 0.4) is 0 Å². The molecule has 1 aliphatic carbocycles. The first-order chi connectivity index (χ1) is 14.5. The number of ether oxygens (including phenoxy) is 1. The molecule has 0 bridgehead atoms. The van der Waals surface area contributed by atoms with E-state index in [1.165, 1.54) is 12.8 Å². The van der Waals surface area contributed by atoms with Gasteiger partial charge in [-0.3, -0.25) is 19.7 Å². The van der Waals surface area contributed by atoms with Crippen molar-refractivity contribution < 1.29 is 9.53 Å². The monoisotopic (exact) mass is 439 g/mol. The first-order valence-electron chi connectivity index (χ1n) is 11.5. The van der Waals surface area contributed by atoms with Crippen LogP contribution in [0.2, 0.25) is 0 Å². The Bertz CT molecular complexity index is 632. The molecule has 9 nitrogen and oxygen atoms in total. The fourth-order valence-electron chi connectivity index (χ4n) is 5.70. The number of amides is 1. The second kappa shape index (κ2) is 8.82. The van der Waals surface area contributed by atoms with Crippen molar-refractivity contribution in [3.8, 4) is 0 Å². The van der Waals surface area contributed by atoms with E-state index in [0.717, 1.165) is 45.2 Å². The maximum Gasteiger partial charge on any atom is 0.229 e. The Hall–Kier alpha value is -0.460. The predicted molar refractivity (Wildman–Crippen MR) is 117 cm³/mol. The van der Waals surface area contributed by atoms with E-state index in [1.807, 2.05) is 0 Å². The van der Waals surface area contributed by atoms with E-state index in [-0.39, 0.29) is 17.4 Å². The van der Waals surface area contributed by atoms with Crippen molar-refractivity contribution in [2.75, 3.05) is 32.8 Å². The minimum absolute atomic E-state index is 0.0449. The van der Waals surface area contributed by atoms with Crippen molar-refractivity contribution in [2.45, 2.75) is 62.0 Å². The van der Waals surface area contributed by atoms with Gasteiger partial charge in [0.25, 0.3) is 0 Å². The van der Waals surface area contributed by atoms with Crippen LogP contribution in [-0.2, 0) is 9.53 Å². The van der Waals surface area contributed by atoms with E-state index >= 15 is 0 Å². The molecule has 30 heavy (non-hydrogen) atoms. The summed E-state index contributed by atoms with van der Waals surface area (Å²) in [4.78, 5) is 15.8. The topological polar surface area (TPSA) is 130 Å². The van der Waals surface area contributed by atoms with Crippen LogP contribution < -0.4 is 32.1 Å². The summed E-state index contributed by atoms with van der Waals surface area (Å²) >= 11 is 1.64. The van der Waals surface area contributed by atoms with Gasteiger partial charge in [-0.2, -0.15) is 0 Å². The molecule has 7 atom stereocenters. The number of fused-ring (bicyclic) bond motifs is 1. The number of nitrogens with one attached hydrogen (secondary N) is 4. The summed E-state index contributed by atoms with van der Waals surface area (Å²) in [5, 5.41) is 10.6. The molecule has 170 valence electrons. The van der Waals surface area contributed by atoms with E-state index < -0.39 is 12.1 Å². The van der Waals surface area contributed by atoms with Crippen LogP contribution in [0.15, 0.2) is 0 Å². The number of piperidine rings is 1. The lowest BCUT2D eigenvalue weighted by atomic mass is 9.86. The Kier molecular flexibility index (Phi) is 6.29. The molecule has 7 unspecified atom stereocenters. The largest absolute Gasteiger partial charge is 0.378 e. The molecule has 1 amide bonds. The number of carbonyl (C=O) groups is 1. The lowest BCUT2D eigenvalue weighted by Crippen LogP contribution is -2.70. The zero-order valence-corrected chi connectivity index (χ0v) is 18.6. The van der Waals surface area contributed by atoms with Crippen LogP contribution in [0.5, 0.6) is 0 Å². The minimum atomic E-state index is -0.713. The highest BCUT2D eigenvalue weighted by Gasteiger charge is 2.47. The standard InChI is InChI=1S/C20H37N7O2S/c1-10-15(11-2-3-11)20(30-26-10)25-19(28)16(17(21)22)18-23-6-12-7-27(13-8-29-9-13)5-4-14(12)24-18/h10-18,20,23-24,26H,2-9,21-22H2,1H3,(H,25,28). The van der Waals surface area contributed by atoms with E-state index in [4.69, 9.17) is 16.2 Å². The molecule has 5 fully saturated rings.